The van der Waals surface area contributed by atoms with Gasteiger partial charge in [0.05, 0.1) is 16.1 Å². The number of amides is 2. The van der Waals surface area contributed by atoms with Gasteiger partial charge in [-0.25, -0.2) is 0 Å². The summed E-state index contributed by atoms with van der Waals surface area (Å²) < 4.78 is 5.34. The molecule has 166 valence electrons. The number of rotatable bonds is 9. The van der Waals surface area contributed by atoms with E-state index >= 15 is 0 Å². The summed E-state index contributed by atoms with van der Waals surface area (Å²) in [5, 5.41) is 6.23. The number of carbonyl (C=O) groups excluding carboxylic acids is 2. The van der Waals surface area contributed by atoms with Crippen molar-refractivity contribution in [1.29, 1.82) is 0 Å². The van der Waals surface area contributed by atoms with Crippen molar-refractivity contribution < 1.29 is 14.3 Å². The zero-order valence-electron chi connectivity index (χ0n) is 18.0. The van der Waals surface area contributed by atoms with Crippen LogP contribution in [0.4, 0.5) is 11.4 Å². The van der Waals surface area contributed by atoms with Crippen LogP contribution in [0.5, 0.6) is 0 Å². The second-order valence-electron chi connectivity index (χ2n) is 7.52. The molecular weight excluding hydrogens is 414 g/mol. The SMILES string of the molecule is CCOCCCNC(=O)c1cc(NC(=O)c2ccccc2Cl)ccc1N1CCCCC1. The lowest BCUT2D eigenvalue weighted by Gasteiger charge is -2.30. The Morgan fingerprint density at radius 2 is 1.81 bits per heavy atom. The maximum atomic E-state index is 13.0. The number of benzene rings is 2. The van der Waals surface area contributed by atoms with Crippen molar-refractivity contribution in [3.05, 3.63) is 58.6 Å². The Hall–Kier alpha value is -2.57. The van der Waals surface area contributed by atoms with Crippen molar-refractivity contribution in [2.75, 3.05) is 43.1 Å². The number of nitrogens with zero attached hydrogens (tertiary/aromatic N) is 1. The Morgan fingerprint density at radius 3 is 2.55 bits per heavy atom. The molecule has 0 radical (unpaired) electrons. The average molecular weight is 444 g/mol. The minimum atomic E-state index is -0.306. The van der Waals surface area contributed by atoms with Crippen LogP contribution in [0.15, 0.2) is 42.5 Å². The van der Waals surface area contributed by atoms with E-state index in [0.717, 1.165) is 38.0 Å². The van der Waals surface area contributed by atoms with E-state index in [2.05, 4.69) is 15.5 Å². The van der Waals surface area contributed by atoms with Gasteiger partial charge in [0.15, 0.2) is 0 Å². The Balaban J connectivity index is 1.78. The Kier molecular flexibility index (Phi) is 8.74. The number of piperidine rings is 1. The van der Waals surface area contributed by atoms with Gasteiger partial charge in [0.1, 0.15) is 0 Å². The second-order valence-corrected chi connectivity index (χ2v) is 7.93. The van der Waals surface area contributed by atoms with Crippen LogP contribution in [0, 0.1) is 0 Å². The molecule has 2 aromatic rings. The minimum Gasteiger partial charge on any atom is -0.382 e. The molecule has 1 aliphatic rings. The molecular formula is C24H30ClN3O3. The van der Waals surface area contributed by atoms with Gasteiger partial charge in [0.2, 0.25) is 0 Å². The van der Waals surface area contributed by atoms with E-state index in [-0.39, 0.29) is 11.8 Å². The van der Waals surface area contributed by atoms with Crippen LogP contribution < -0.4 is 15.5 Å². The molecule has 3 rings (SSSR count). The molecule has 1 heterocycles. The fourth-order valence-corrected chi connectivity index (χ4v) is 3.89. The molecule has 0 aliphatic carbocycles. The normalized spacial score (nSPS) is 13.7. The van der Waals surface area contributed by atoms with E-state index in [1.54, 1.807) is 30.3 Å². The first-order valence-electron chi connectivity index (χ1n) is 10.9. The number of carbonyl (C=O) groups is 2. The van der Waals surface area contributed by atoms with Gasteiger partial charge in [-0.2, -0.15) is 0 Å². The molecule has 31 heavy (non-hydrogen) atoms. The zero-order valence-corrected chi connectivity index (χ0v) is 18.7. The number of anilines is 2. The van der Waals surface area contributed by atoms with Crippen LogP contribution in [0.2, 0.25) is 5.02 Å². The summed E-state index contributed by atoms with van der Waals surface area (Å²) in [6.07, 6.45) is 4.18. The first-order valence-corrected chi connectivity index (χ1v) is 11.3. The first kappa shape index (κ1) is 23.1. The molecule has 1 fully saturated rings. The van der Waals surface area contributed by atoms with Crippen LogP contribution in [0.25, 0.3) is 0 Å². The van der Waals surface area contributed by atoms with Crippen LogP contribution in [-0.4, -0.2) is 44.7 Å². The van der Waals surface area contributed by atoms with E-state index in [4.69, 9.17) is 16.3 Å². The summed E-state index contributed by atoms with van der Waals surface area (Å²) in [4.78, 5) is 27.9. The summed E-state index contributed by atoms with van der Waals surface area (Å²) in [5.41, 5.74) is 2.42. The van der Waals surface area contributed by atoms with Crippen molar-refractivity contribution in [3.8, 4) is 0 Å². The fraction of sp³-hybridized carbons (Fsp3) is 0.417. The van der Waals surface area contributed by atoms with E-state index in [1.807, 2.05) is 19.1 Å². The van der Waals surface area contributed by atoms with Crippen molar-refractivity contribution in [2.24, 2.45) is 0 Å². The highest BCUT2D eigenvalue weighted by atomic mass is 35.5. The van der Waals surface area contributed by atoms with Gasteiger partial charge in [-0.05, 0) is 62.9 Å². The van der Waals surface area contributed by atoms with Crippen molar-refractivity contribution in [1.82, 2.24) is 5.32 Å². The van der Waals surface area contributed by atoms with E-state index < -0.39 is 0 Å². The predicted molar refractivity (Wildman–Crippen MR) is 125 cm³/mol. The Bertz CT molecular complexity index is 897. The smallest absolute Gasteiger partial charge is 0.257 e. The lowest BCUT2D eigenvalue weighted by molar-refractivity contribution is 0.0943. The Labute approximate surface area is 188 Å². The number of ether oxygens (including phenoxy) is 1. The highest BCUT2D eigenvalue weighted by molar-refractivity contribution is 6.34. The molecule has 0 aromatic heterocycles. The molecule has 1 aliphatic heterocycles. The summed E-state index contributed by atoms with van der Waals surface area (Å²) in [6, 6.07) is 12.4. The molecule has 2 amide bonds. The largest absolute Gasteiger partial charge is 0.382 e. The van der Waals surface area contributed by atoms with Crippen LogP contribution in [-0.2, 0) is 4.74 Å². The van der Waals surface area contributed by atoms with Crippen LogP contribution >= 0.6 is 11.6 Å². The zero-order chi connectivity index (χ0) is 22.1. The van der Waals surface area contributed by atoms with Gasteiger partial charge >= 0.3 is 0 Å². The van der Waals surface area contributed by atoms with E-state index in [1.165, 1.54) is 6.42 Å². The standard InChI is InChI=1S/C24H30ClN3O3/c1-2-31-16-8-13-26-23(29)20-17-18(11-12-22(20)28-14-6-3-7-15-28)27-24(30)19-9-4-5-10-21(19)25/h4-5,9-12,17H,2-3,6-8,13-16H2,1H3,(H,26,29)(H,27,30). The molecule has 0 saturated carbocycles. The number of nitrogens with one attached hydrogen (secondary N) is 2. The Morgan fingerprint density at radius 1 is 1.03 bits per heavy atom. The van der Waals surface area contributed by atoms with Gasteiger partial charge in [0.25, 0.3) is 11.8 Å². The lowest BCUT2D eigenvalue weighted by Crippen LogP contribution is -2.33. The average Bonchev–Trinajstić information content (AvgIpc) is 2.79. The second kappa shape index (κ2) is 11.7. The van der Waals surface area contributed by atoms with Gasteiger partial charge in [-0.15, -0.1) is 0 Å². The van der Waals surface area contributed by atoms with E-state index in [9.17, 15) is 9.59 Å². The molecule has 2 N–H and O–H groups in total. The molecule has 1 saturated heterocycles. The third-order valence-electron chi connectivity index (χ3n) is 5.27. The molecule has 0 spiro atoms. The summed E-state index contributed by atoms with van der Waals surface area (Å²) in [6.45, 7) is 5.62. The fourth-order valence-electron chi connectivity index (χ4n) is 3.67. The quantitative estimate of drug-likeness (QED) is 0.549. The maximum Gasteiger partial charge on any atom is 0.257 e. The number of halogens is 1. The van der Waals surface area contributed by atoms with Crippen LogP contribution in [0.3, 0.4) is 0 Å². The lowest BCUT2D eigenvalue weighted by atomic mass is 10.1. The molecule has 0 atom stereocenters. The van der Waals surface area contributed by atoms with Crippen LogP contribution in [0.1, 0.15) is 53.3 Å². The maximum absolute atomic E-state index is 13.0. The third-order valence-corrected chi connectivity index (χ3v) is 5.60. The van der Waals surface area contributed by atoms with Crippen molar-refractivity contribution in [3.63, 3.8) is 0 Å². The number of hydrogen-bond donors (Lipinski definition) is 2. The number of hydrogen-bond acceptors (Lipinski definition) is 4. The highest BCUT2D eigenvalue weighted by Gasteiger charge is 2.20. The minimum absolute atomic E-state index is 0.147. The van der Waals surface area contributed by atoms with Crippen molar-refractivity contribution in [2.45, 2.75) is 32.6 Å². The summed E-state index contributed by atoms with van der Waals surface area (Å²) >= 11 is 6.15. The molecule has 6 nitrogen and oxygen atoms in total. The van der Waals surface area contributed by atoms with Gasteiger partial charge in [-0.3, -0.25) is 9.59 Å². The molecule has 7 heteroatoms. The molecule has 0 unspecified atom stereocenters. The first-order chi connectivity index (χ1) is 15.1. The highest BCUT2D eigenvalue weighted by Crippen LogP contribution is 2.28. The predicted octanol–water partition coefficient (Wildman–Crippen LogP) is 4.74. The molecule has 0 bridgehead atoms. The van der Waals surface area contributed by atoms with Gasteiger partial charge < -0.3 is 20.3 Å². The molecule has 2 aromatic carbocycles. The van der Waals surface area contributed by atoms with Crippen molar-refractivity contribution >= 4 is 34.8 Å². The third kappa shape index (κ3) is 6.45. The summed E-state index contributed by atoms with van der Waals surface area (Å²) in [7, 11) is 0. The summed E-state index contributed by atoms with van der Waals surface area (Å²) in [5.74, 6) is -0.453. The topological polar surface area (TPSA) is 70.7 Å². The monoisotopic (exact) mass is 443 g/mol. The van der Waals surface area contributed by atoms with Gasteiger partial charge in [0, 0.05) is 44.2 Å². The van der Waals surface area contributed by atoms with Gasteiger partial charge in [-0.1, -0.05) is 23.7 Å². The van der Waals surface area contributed by atoms with E-state index in [0.29, 0.717) is 41.6 Å².